The van der Waals surface area contributed by atoms with Crippen molar-refractivity contribution in [1.29, 1.82) is 0 Å². The molecule has 3 N–H and O–H groups in total. The van der Waals surface area contributed by atoms with Crippen molar-refractivity contribution in [2.45, 2.75) is 104 Å². The second-order valence-electron chi connectivity index (χ2n) is 7.84. The monoisotopic (exact) mass is 408 g/mol. The lowest BCUT2D eigenvalue weighted by Crippen LogP contribution is -2.11. The molecule has 0 aliphatic heterocycles. The highest BCUT2D eigenvalue weighted by Gasteiger charge is 2.28. The summed E-state index contributed by atoms with van der Waals surface area (Å²) in [5.41, 5.74) is 1.11. The van der Waals surface area contributed by atoms with E-state index in [0.717, 1.165) is 63.4 Å². The van der Waals surface area contributed by atoms with Crippen molar-refractivity contribution in [3.8, 4) is 17.2 Å². The van der Waals surface area contributed by atoms with Crippen molar-refractivity contribution in [3.63, 3.8) is 0 Å². The number of carbonyl (C=O) groups is 1. The molecule has 5 nitrogen and oxygen atoms in total. The van der Waals surface area contributed by atoms with Crippen LogP contribution in [0.4, 0.5) is 0 Å². The van der Waals surface area contributed by atoms with Gasteiger partial charge in [-0.15, -0.1) is 0 Å². The average Bonchev–Trinajstić information content (AvgIpc) is 2.69. The van der Waals surface area contributed by atoms with E-state index in [1.165, 1.54) is 12.8 Å². The number of hydrogen-bond acceptors (Lipinski definition) is 4. The van der Waals surface area contributed by atoms with Crippen molar-refractivity contribution >= 4 is 5.97 Å². The molecular formula is C24H40O5. The molecule has 0 fully saturated rings. The molecule has 0 bridgehead atoms. The number of carboxylic acid groups (broad SMARTS) is 1. The van der Waals surface area contributed by atoms with Crippen LogP contribution in [-0.4, -0.2) is 27.9 Å². The second kappa shape index (κ2) is 14.1. The Morgan fingerprint density at radius 3 is 1.79 bits per heavy atom. The van der Waals surface area contributed by atoms with E-state index < -0.39 is 11.7 Å². The molecule has 0 unspecified atom stereocenters. The molecular weight excluding hydrogens is 368 g/mol. The second-order valence-corrected chi connectivity index (χ2v) is 7.84. The van der Waals surface area contributed by atoms with Crippen molar-refractivity contribution in [3.05, 3.63) is 16.7 Å². The quantitative estimate of drug-likeness (QED) is 0.212. The molecule has 5 heteroatoms. The van der Waals surface area contributed by atoms with E-state index in [1.807, 2.05) is 0 Å². The van der Waals surface area contributed by atoms with E-state index in [2.05, 4.69) is 20.8 Å². The van der Waals surface area contributed by atoms with Gasteiger partial charge in [-0.25, -0.2) is 4.79 Å². The first-order chi connectivity index (χ1) is 14.0. The topological polar surface area (TPSA) is 87.0 Å². The SMILES string of the molecule is CCCCCCCOc1c(CCCCC)c(CCCCC)c(O)c(O)c1C(=O)O. The number of phenols is 2. The summed E-state index contributed by atoms with van der Waals surface area (Å²) in [7, 11) is 0. The van der Waals surface area contributed by atoms with Crippen LogP contribution in [0, 0.1) is 0 Å². The van der Waals surface area contributed by atoms with Crippen LogP contribution in [0.2, 0.25) is 0 Å². The summed E-state index contributed by atoms with van der Waals surface area (Å²) in [4.78, 5) is 11.9. The summed E-state index contributed by atoms with van der Waals surface area (Å²) in [6, 6.07) is 0. The van der Waals surface area contributed by atoms with Gasteiger partial charge in [-0.1, -0.05) is 72.1 Å². The molecule has 0 spiro atoms. The summed E-state index contributed by atoms with van der Waals surface area (Å²) < 4.78 is 5.97. The van der Waals surface area contributed by atoms with Crippen LogP contribution >= 0.6 is 0 Å². The molecule has 1 aromatic carbocycles. The van der Waals surface area contributed by atoms with Crippen LogP contribution in [-0.2, 0) is 12.8 Å². The molecule has 0 saturated carbocycles. The number of benzene rings is 1. The highest BCUT2D eigenvalue weighted by molar-refractivity contribution is 5.96. The predicted molar refractivity (Wildman–Crippen MR) is 117 cm³/mol. The van der Waals surface area contributed by atoms with Gasteiger partial charge in [0.05, 0.1) is 6.61 Å². The third-order valence-corrected chi connectivity index (χ3v) is 5.38. The van der Waals surface area contributed by atoms with Gasteiger partial charge in [-0.2, -0.15) is 0 Å². The fourth-order valence-electron chi connectivity index (χ4n) is 3.67. The van der Waals surface area contributed by atoms with E-state index in [1.54, 1.807) is 0 Å². The molecule has 0 atom stereocenters. The summed E-state index contributed by atoms with van der Waals surface area (Å²) >= 11 is 0. The zero-order valence-corrected chi connectivity index (χ0v) is 18.6. The molecule has 0 aliphatic carbocycles. The molecule has 1 aromatic rings. The number of carboxylic acids is 1. The zero-order chi connectivity index (χ0) is 21.6. The minimum atomic E-state index is -1.27. The fraction of sp³-hybridized carbons (Fsp3) is 0.708. The predicted octanol–water partition coefficient (Wildman–Crippen LogP) is 6.61. The van der Waals surface area contributed by atoms with Gasteiger partial charge in [0.2, 0.25) is 0 Å². The van der Waals surface area contributed by atoms with Gasteiger partial charge in [-0.3, -0.25) is 0 Å². The molecule has 1 rings (SSSR count). The van der Waals surface area contributed by atoms with Gasteiger partial charge in [0.25, 0.3) is 0 Å². The van der Waals surface area contributed by atoms with Crippen LogP contribution in [0.3, 0.4) is 0 Å². The van der Waals surface area contributed by atoms with Gasteiger partial charge >= 0.3 is 5.97 Å². The van der Waals surface area contributed by atoms with E-state index >= 15 is 0 Å². The molecule has 166 valence electrons. The van der Waals surface area contributed by atoms with Gasteiger partial charge in [0.15, 0.2) is 11.5 Å². The van der Waals surface area contributed by atoms with Crippen molar-refractivity contribution in [2.75, 3.05) is 6.61 Å². The summed E-state index contributed by atoms with van der Waals surface area (Å²) in [5.74, 6) is -1.87. The Labute approximate surface area is 176 Å². The first kappa shape index (κ1) is 25.1. The Bertz CT molecular complexity index is 624. The number of aromatic hydroxyl groups is 2. The molecule has 0 aliphatic rings. The van der Waals surface area contributed by atoms with Crippen LogP contribution in [0.5, 0.6) is 17.2 Å². The van der Waals surface area contributed by atoms with Gasteiger partial charge in [0, 0.05) is 11.1 Å². The standard InChI is InChI=1S/C24H40O5/c1-4-7-10-11-14-17-29-23-19(16-13-9-6-3)18(15-12-8-5-2)21(25)22(26)20(23)24(27)28/h25-26H,4-17H2,1-3H3,(H,27,28). The summed E-state index contributed by atoms with van der Waals surface area (Å²) in [5, 5.41) is 30.7. The number of ether oxygens (including phenoxy) is 1. The summed E-state index contributed by atoms with van der Waals surface area (Å²) in [6.07, 6.45) is 12.5. The third-order valence-electron chi connectivity index (χ3n) is 5.38. The van der Waals surface area contributed by atoms with E-state index in [-0.39, 0.29) is 17.1 Å². The highest BCUT2D eigenvalue weighted by atomic mass is 16.5. The minimum absolute atomic E-state index is 0.255. The minimum Gasteiger partial charge on any atom is -0.504 e. The first-order valence-electron chi connectivity index (χ1n) is 11.4. The Morgan fingerprint density at radius 2 is 1.24 bits per heavy atom. The Hall–Kier alpha value is -1.91. The van der Waals surface area contributed by atoms with E-state index in [4.69, 9.17) is 4.74 Å². The van der Waals surface area contributed by atoms with Gasteiger partial charge in [0.1, 0.15) is 11.3 Å². The smallest absolute Gasteiger partial charge is 0.343 e. The summed E-state index contributed by atoms with van der Waals surface area (Å²) in [6.45, 7) is 6.81. The number of hydrogen-bond donors (Lipinski definition) is 3. The van der Waals surface area contributed by atoms with E-state index in [0.29, 0.717) is 25.0 Å². The van der Waals surface area contributed by atoms with Crippen molar-refractivity contribution < 1.29 is 24.9 Å². The van der Waals surface area contributed by atoms with Crippen LogP contribution in [0.15, 0.2) is 0 Å². The van der Waals surface area contributed by atoms with Crippen molar-refractivity contribution in [1.82, 2.24) is 0 Å². The lowest BCUT2D eigenvalue weighted by molar-refractivity contribution is 0.0687. The maximum absolute atomic E-state index is 11.9. The molecule has 0 saturated heterocycles. The largest absolute Gasteiger partial charge is 0.504 e. The van der Waals surface area contributed by atoms with Gasteiger partial charge in [-0.05, 0) is 32.1 Å². The Kier molecular flexibility index (Phi) is 12.2. The maximum atomic E-state index is 11.9. The van der Waals surface area contributed by atoms with Gasteiger partial charge < -0.3 is 20.1 Å². The number of unbranched alkanes of at least 4 members (excludes halogenated alkanes) is 8. The average molecular weight is 409 g/mol. The third kappa shape index (κ3) is 7.79. The van der Waals surface area contributed by atoms with Crippen LogP contribution < -0.4 is 4.74 Å². The number of phenolic OH excluding ortho intramolecular Hbond substituents is 1. The fourth-order valence-corrected chi connectivity index (χ4v) is 3.67. The molecule has 0 radical (unpaired) electrons. The molecule has 0 amide bonds. The number of rotatable bonds is 16. The Balaban J connectivity index is 3.22. The molecule has 0 aromatic heterocycles. The van der Waals surface area contributed by atoms with E-state index in [9.17, 15) is 20.1 Å². The molecule has 0 heterocycles. The lowest BCUT2D eigenvalue weighted by atomic mass is 9.92. The zero-order valence-electron chi connectivity index (χ0n) is 18.6. The van der Waals surface area contributed by atoms with Crippen LogP contribution in [0.1, 0.15) is 113 Å². The highest BCUT2D eigenvalue weighted by Crippen LogP contribution is 2.44. The van der Waals surface area contributed by atoms with Crippen LogP contribution in [0.25, 0.3) is 0 Å². The maximum Gasteiger partial charge on any atom is 0.343 e. The van der Waals surface area contributed by atoms with Crippen molar-refractivity contribution in [2.24, 2.45) is 0 Å². The Morgan fingerprint density at radius 1 is 0.724 bits per heavy atom. The lowest BCUT2D eigenvalue weighted by Gasteiger charge is -2.21. The normalized spacial score (nSPS) is 11.0. The molecule has 29 heavy (non-hydrogen) atoms. The first-order valence-corrected chi connectivity index (χ1v) is 11.4. The number of aromatic carboxylic acids is 1.